The molecule has 1 N–H and O–H groups in total. The molecule has 0 radical (unpaired) electrons. The Balaban J connectivity index is 1.57. The van der Waals surface area contributed by atoms with Gasteiger partial charge < -0.3 is 19.5 Å². The summed E-state index contributed by atoms with van der Waals surface area (Å²) in [5, 5.41) is 0. The summed E-state index contributed by atoms with van der Waals surface area (Å²) in [5.74, 6) is 0.0251. The van der Waals surface area contributed by atoms with Crippen molar-refractivity contribution in [1.82, 2.24) is 19.8 Å². The van der Waals surface area contributed by atoms with Crippen molar-refractivity contribution in [2.75, 3.05) is 33.4 Å². The van der Waals surface area contributed by atoms with Gasteiger partial charge in [0.25, 0.3) is 5.91 Å². The number of nitrogens with zero attached hydrogens (tertiary/aromatic N) is 3. The monoisotopic (exact) mass is 382 g/mol. The minimum Gasteiger partial charge on any atom is -0.375 e. The van der Waals surface area contributed by atoms with Gasteiger partial charge >= 0.3 is 0 Å². The number of nitrogens with one attached hydrogen (secondary N) is 1. The SMILES string of the molecule is COCC(=O)N1CCc2[nH]cnc2C12CCN(C(=O)c1ccc(C)cc1)CC2. The number of aromatic nitrogens is 2. The number of carbonyl (C=O) groups is 2. The van der Waals surface area contributed by atoms with Gasteiger partial charge in [0.2, 0.25) is 5.91 Å². The van der Waals surface area contributed by atoms with Gasteiger partial charge in [-0.2, -0.15) is 0 Å². The van der Waals surface area contributed by atoms with E-state index in [-0.39, 0.29) is 18.4 Å². The molecular formula is C21H26N4O3. The molecule has 7 heteroatoms. The number of amides is 2. The first-order valence-electron chi connectivity index (χ1n) is 9.73. The first kappa shape index (κ1) is 18.7. The summed E-state index contributed by atoms with van der Waals surface area (Å²) in [6.45, 7) is 3.90. The van der Waals surface area contributed by atoms with Crippen molar-refractivity contribution >= 4 is 11.8 Å². The van der Waals surface area contributed by atoms with Crippen LogP contribution in [0, 0.1) is 6.92 Å². The first-order valence-corrected chi connectivity index (χ1v) is 9.73. The number of benzene rings is 1. The second-order valence-electron chi connectivity index (χ2n) is 7.65. The lowest BCUT2D eigenvalue weighted by Crippen LogP contribution is -2.59. The summed E-state index contributed by atoms with van der Waals surface area (Å²) < 4.78 is 5.10. The van der Waals surface area contributed by atoms with Crippen LogP contribution in [0.4, 0.5) is 0 Å². The molecule has 1 aromatic heterocycles. The van der Waals surface area contributed by atoms with Crippen LogP contribution in [-0.2, 0) is 21.5 Å². The Kier molecular flexibility index (Phi) is 4.93. The van der Waals surface area contributed by atoms with Crippen molar-refractivity contribution in [1.29, 1.82) is 0 Å². The number of piperidine rings is 1. The second kappa shape index (κ2) is 7.39. The van der Waals surface area contributed by atoms with Crippen molar-refractivity contribution in [2.24, 2.45) is 0 Å². The molecule has 1 saturated heterocycles. The van der Waals surface area contributed by atoms with Gasteiger partial charge in [-0.25, -0.2) is 4.98 Å². The van der Waals surface area contributed by atoms with E-state index in [0.717, 1.165) is 23.4 Å². The van der Waals surface area contributed by atoms with Gasteiger partial charge in [0.1, 0.15) is 6.61 Å². The lowest BCUT2D eigenvalue weighted by Gasteiger charge is -2.50. The largest absolute Gasteiger partial charge is 0.375 e. The number of imidazole rings is 1. The quantitative estimate of drug-likeness (QED) is 0.879. The summed E-state index contributed by atoms with van der Waals surface area (Å²) in [4.78, 5) is 37.3. The third kappa shape index (κ3) is 3.09. The smallest absolute Gasteiger partial charge is 0.253 e. The molecule has 2 aromatic rings. The van der Waals surface area contributed by atoms with Gasteiger partial charge in [-0.3, -0.25) is 9.59 Å². The van der Waals surface area contributed by atoms with Crippen LogP contribution in [-0.4, -0.2) is 64.9 Å². The van der Waals surface area contributed by atoms with Crippen molar-refractivity contribution in [3.05, 3.63) is 53.1 Å². The zero-order valence-electron chi connectivity index (χ0n) is 16.4. The Morgan fingerprint density at radius 2 is 1.89 bits per heavy atom. The van der Waals surface area contributed by atoms with Crippen molar-refractivity contribution in [2.45, 2.75) is 31.7 Å². The molecule has 4 rings (SSSR count). The molecular weight excluding hydrogens is 356 g/mol. The average molecular weight is 382 g/mol. The fourth-order valence-electron chi connectivity index (χ4n) is 4.51. The molecule has 0 bridgehead atoms. The lowest BCUT2D eigenvalue weighted by molar-refractivity contribution is -0.145. The zero-order valence-corrected chi connectivity index (χ0v) is 16.4. The number of carbonyl (C=O) groups excluding carboxylic acids is 2. The van der Waals surface area contributed by atoms with Crippen LogP contribution < -0.4 is 0 Å². The molecule has 1 spiro atoms. The summed E-state index contributed by atoms with van der Waals surface area (Å²) in [7, 11) is 1.54. The maximum Gasteiger partial charge on any atom is 0.253 e. The van der Waals surface area contributed by atoms with Crippen LogP contribution in [0.1, 0.15) is 40.2 Å². The molecule has 1 fully saturated rings. The number of hydrogen-bond acceptors (Lipinski definition) is 4. The van der Waals surface area contributed by atoms with E-state index in [1.54, 1.807) is 6.33 Å². The summed E-state index contributed by atoms with van der Waals surface area (Å²) >= 11 is 0. The molecule has 148 valence electrons. The van der Waals surface area contributed by atoms with Gasteiger partial charge in [-0.05, 0) is 31.9 Å². The van der Waals surface area contributed by atoms with Crippen LogP contribution in [0.3, 0.4) is 0 Å². The standard InChI is InChI=1S/C21H26N4O3/c1-15-3-5-16(6-4-15)20(27)24-11-8-21(9-12-24)19-17(22-14-23-19)7-10-25(21)18(26)13-28-2/h3-6,14H,7-13H2,1-2H3,(H,22,23). The highest BCUT2D eigenvalue weighted by molar-refractivity contribution is 5.94. The Bertz CT molecular complexity index is 866. The van der Waals surface area contributed by atoms with Gasteiger partial charge in [0.05, 0.1) is 17.6 Å². The number of methoxy groups -OCH3 is 1. The van der Waals surface area contributed by atoms with Gasteiger partial charge in [0, 0.05) is 44.4 Å². The Labute approximate surface area is 164 Å². The van der Waals surface area contributed by atoms with Crippen LogP contribution in [0.25, 0.3) is 0 Å². The summed E-state index contributed by atoms with van der Waals surface area (Å²) in [6, 6.07) is 7.67. The molecule has 0 saturated carbocycles. The van der Waals surface area contributed by atoms with E-state index in [1.807, 2.05) is 41.0 Å². The molecule has 0 aliphatic carbocycles. The molecule has 28 heavy (non-hydrogen) atoms. The zero-order chi connectivity index (χ0) is 19.7. The topological polar surface area (TPSA) is 78.5 Å². The predicted octanol–water partition coefficient (Wildman–Crippen LogP) is 1.88. The number of fused-ring (bicyclic) bond motifs is 2. The maximum atomic E-state index is 12.9. The predicted molar refractivity (Wildman–Crippen MR) is 104 cm³/mol. The molecule has 2 amide bonds. The van der Waals surface area contributed by atoms with Crippen molar-refractivity contribution < 1.29 is 14.3 Å². The second-order valence-corrected chi connectivity index (χ2v) is 7.65. The van der Waals surface area contributed by atoms with E-state index < -0.39 is 5.54 Å². The highest BCUT2D eigenvalue weighted by atomic mass is 16.5. The van der Waals surface area contributed by atoms with E-state index >= 15 is 0 Å². The van der Waals surface area contributed by atoms with Crippen LogP contribution in [0.15, 0.2) is 30.6 Å². The molecule has 0 unspecified atom stereocenters. The lowest BCUT2D eigenvalue weighted by atomic mass is 9.78. The highest BCUT2D eigenvalue weighted by Gasteiger charge is 2.49. The van der Waals surface area contributed by atoms with E-state index in [1.165, 1.54) is 7.11 Å². The number of H-pyrrole nitrogens is 1. The summed E-state index contributed by atoms with van der Waals surface area (Å²) in [6.07, 6.45) is 3.83. The Morgan fingerprint density at radius 3 is 2.57 bits per heavy atom. The van der Waals surface area contributed by atoms with E-state index in [9.17, 15) is 9.59 Å². The Morgan fingerprint density at radius 1 is 1.18 bits per heavy atom. The molecule has 0 atom stereocenters. The minimum absolute atomic E-state index is 0.0190. The number of aromatic amines is 1. The molecule has 7 nitrogen and oxygen atoms in total. The van der Waals surface area contributed by atoms with Gasteiger partial charge in [0.15, 0.2) is 0 Å². The number of rotatable bonds is 3. The number of hydrogen-bond donors (Lipinski definition) is 1. The number of aryl methyl sites for hydroxylation is 1. The van der Waals surface area contributed by atoms with Crippen molar-refractivity contribution in [3.63, 3.8) is 0 Å². The number of likely N-dealkylation sites (tertiary alicyclic amines) is 1. The molecule has 2 aliphatic heterocycles. The summed E-state index contributed by atoms with van der Waals surface area (Å²) in [5.41, 5.74) is 3.42. The van der Waals surface area contributed by atoms with Crippen molar-refractivity contribution in [3.8, 4) is 0 Å². The minimum atomic E-state index is -0.465. The van der Waals surface area contributed by atoms with Gasteiger partial charge in [-0.1, -0.05) is 17.7 Å². The van der Waals surface area contributed by atoms with E-state index in [0.29, 0.717) is 38.0 Å². The van der Waals surface area contributed by atoms with Gasteiger partial charge in [-0.15, -0.1) is 0 Å². The molecule has 1 aromatic carbocycles. The van der Waals surface area contributed by atoms with Crippen LogP contribution >= 0.6 is 0 Å². The fraction of sp³-hybridized carbons (Fsp3) is 0.476. The normalized spacial score (nSPS) is 18.2. The maximum absolute atomic E-state index is 12.9. The van der Waals surface area contributed by atoms with E-state index in [2.05, 4.69) is 9.97 Å². The first-order chi connectivity index (χ1) is 13.5. The fourth-order valence-corrected chi connectivity index (χ4v) is 4.51. The average Bonchev–Trinajstić information content (AvgIpc) is 3.19. The van der Waals surface area contributed by atoms with Crippen LogP contribution in [0.5, 0.6) is 0 Å². The van der Waals surface area contributed by atoms with Crippen LogP contribution in [0.2, 0.25) is 0 Å². The third-order valence-corrected chi connectivity index (χ3v) is 6.01. The molecule has 2 aliphatic rings. The molecule has 3 heterocycles. The third-order valence-electron chi connectivity index (χ3n) is 6.01. The van der Waals surface area contributed by atoms with E-state index in [4.69, 9.17) is 4.74 Å². The highest BCUT2D eigenvalue weighted by Crippen LogP contribution is 2.42. The number of ether oxygens (including phenoxy) is 1. The Hall–Kier alpha value is -2.67.